The van der Waals surface area contributed by atoms with Gasteiger partial charge in [0, 0.05) is 12.2 Å². The third-order valence-electron chi connectivity index (χ3n) is 2.91. The quantitative estimate of drug-likeness (QED) is 0.832. The Morgan fingerprint density at radius 1 is 1.28 bits per heavy atom. The van der Waals surface area contributed by atoms with E-state index in [9.17, 15) is 5.11 Å². The molecule has 102 valence electrons. The number of hydrogen-bond acceptors (Lipinski definition) is 2. The van der Waals surface area contributed by atoms with Crippen LogP contribution < -0.4 is 5.32 Å². The minimum atomic E-state index is -0.234. The molecule has 0 saturated heterocycles. The normalized spacial score (nSPS) is 13.4. The number of rotatable bonds is 5. The second kappa shape index (κ2) is 6.24. The van der Waals surface area contributed by atoms with E-state index in [1.807, 2.05) is 6.92 Å². The van der Waals surface area contributed by atoms with Crippen molar-refractivity contribution in [3.05, 3.63) is 29.3 Å². The molecular weight excluding hydrogens is 222 g/mol. The third kappa shape index (κ3) is 5.54. The van der Waals surface area contributed by atoms with Gasteiger partial charge in [0.1, 0.15) is 0 Å². The minimum Gasteiger partial charge on any atom is -0.393 e. The zero-order valence-electron chi connectivity index (χ0n) is 12.4. The molecule has 1 aromatic carbocycles. The van der Waals surface area contributed by atoms with Crippen LogP contribution >= 0.6 is 0 Å². The van der Waals surface area contributed by atoms with Crippen LogP contribution in [0.1, 0.15) is 45.2 Å². The van der Waals surface area contributed by atoms with Crippen LogP contribution in [0.2, 0.25) is 0 Å². The zero-order chi connectivity index (χ0) is 13.8. The fourth-order valence-corrected chi connectivity index (χ4v) is 1.80. The molecule has 2 heteroatoms. The number of aryl methyl sites for hydroxylation is 2. The van der Waals surface area contributed by atoms with E-state index in [1.165, 1.54) is 16.8 Å². The van der Waals surface area contributed by atoms with Crippen LogP contribution in [-0.4, -0.2) is 17.8 Å². The van der Waals surface area contributed by atoms with Crippen molar-refractivity contribution in [2.45, 2.75) is 53.6 Å². The summed E-state index contributed by atoms with van der Waals surface area (Å²) in [7, 11) is 0. The van der Waals surface area contributed by atoms with E-state index >= 15 is 0 Å². The lowest BCUT2D eigenvalue weighted by Gasteiger charge is -2.21. The number of aliphatic hydroxyl groups is 1. The van der Waals surface area contributed by atoms with Crippen LogP contribution in [0.3, 0.4) is 0 Å². The number of hydrogen-bond donors (Lipinski definition) is 2. The van der Waals surface area contributed by atoms with Gasteiger partial charge in [0.25, 0.3) is 0 Å². The number of anilines is 1. The summed E-state index contributed by atoms with van der Waals surface area (Å²) in [5.41, 5.74) is 4.05. The van der Waals surface area contributed by atoms with Crippen molar-refractivity contribution in [1.29, 1.82) is 0 Å². The molecule has 1 aromatic rings. The third-order valence-corrected chi connectivity index (χ3v) is 2.91. The first kappa shape index (κ1) is 15.0. The largest absolute Gasteiger partial charge is 0.393 e. The van der Waals surface area contributed by atoms with Gasteiger partial charge in [-0.05, 0) is 49.3 Å². The summed E-state index contributed by atoms with van der Waals surface area (Å²) < 4.78 is 0. The predicted octanol–water partition coefficient (Wildman–Crippen LogP) is 3.77. The fraction of sp³-hybridized carbons (Fsp3) is 0.625. The van der Waals surface area contributed by atoms with Crippen molar-refractivity contribution >= 4 is 5.69 Å². The second-order valence-corrected chi connectivity index (χ2v) is 6.46. The Kier molecular flexibility index (Phi) is 5.21. The fourth-order valence-electron chi connectivity index (χ4n) is 1.80. The van der Waals surface area contributed by atoms with Gasteiger partial charge in [0.05, 0.1) is 6.10 Å². The van der Waals surface area contributed by atoms with Gasteiger partial charge >= 0.3 is 0 Å². The van der Waals surface area contributed by atoms with Crippen molar-refractivity contribution in [3.63, 3.8) is 0 Å². The Morgan fingerprint density at radius 3 is 2.50 bits per heavy atom. The summed E-state index contributed by atoms with van der Waals surface area (Å²) in [5, 5.41) is 12.9. The molecule has 2 N–H and O–H groups in total. The maximum Gasteiger partial charge on any atom is 0.0515 e. The topological polar surface area (TPSA) is 32.3 Å². The molecule has 0 heterocycles. The highest BCUT2D eigenvalue weighted by Crippen LogP contribution is 2.22. The molecule has 0 saturated carbocycles. The maximum atomic E-state index is 9.40. The summed E-state index contributed by atoms with van der Waals surface area (Å²) in [5.74, 6) is 0. The van der Waals surface area contributed by atoms with Crippen molar-refractivity contribution in [2.24, 2.45) is 5.41 Å². The van der Waals surface area contributed by atoms with E-state index < -0.39 is 0 Å². The molecule has 18 heavy (non-hydrogen) atoms. The average Bonchev–Trinajstić information content (AvgIpc) is 2.23. The van der Waals surface area contributed by atoms with Gasteiger partial charge in [-0.15, -0.1) is 0 Å². The van der Waals surface area contributed by atoms with Crippen LogP contribution in [0.25, 0.3) is 0 Å². The molecule has 1 atom stereocenters. The molecule has 0 spiro atoms. The molecule has 0 aliphatic carbocycles. The van der Waals surface area contributed by atoms with E-state index in [-0.39, 0.29) is 11.5 Å². The molecule has 0 fully saturated rings. The molecule has 0 amide bonds. The minimum absolute atomic E-state index is 0.234. The Bertz CT molecular complexity index is 377. The van der Waals surface area contributed by atoms with Gasteiger partial charge in [-0.2, -0.15) is 0 Å². The van der Waals surface area contributed by atoms with Gasteiger partial charge in [0.15, 0.2) is 0 Å². The molecule has 0 bridgehead atoms. The van der Waals surface area contributed by atoms with Gasteiger partial charge in [-0.3, -0.25) is 0 Å². The lowest BCUT2D eigenvalue weighted by atomic mass is 9.96. The predicted molar refractivity (Wildman–Crippen MR) is 79.1 cm³/mol. The van der Waals surface area contributed by atoms with Crippen molar-refractivity contribution in [1.82, 2.24) is 0 Å². The van der Waals surface area contributed by atoms with E-state index in [1.54, 1.807) is 0 Å². The van der Waals surface area contributed by atoms with E-state index in [4.69, 9.17) is 0 Å². The van der Waals surface area contributed by atoms with Gasteiger partial charge in [0.2, 0.25) is 0 Å². The first-order valence-corrected chi connectivity index (χ1v) is 6.79. The Labute approximate surface area is 111 Å². The lowest BCUT2D eigenvalue weighted by Crippen LogP contribution is -2.20. The average molecular weight is 249 g/mol. The standard InChI is InChI=1S/C16H27NO/c1-12-6-8-14(9-7-13(2)18)15(10-12)17-11-16(3,4)5/h6,8,10,13,17-18H,7,9,11H2,1-5H3. The monoisotopic (exact) mass is 249 g/mol. The van der Waals surface area contributed by atoms with Gasteiger partial charge in [-0.25, -0.2) is 0 Å². The molecule has 2 nitrogen and oxygen atoms in total. The van der Waals surface area contributed by atoms with E-state index in [0.717, 1.165) is 19.4 Å². The Balaban J connectivity index is 2.76. The van der Waals surface area contributed by atoms with Crippen LogP contribution in [-0.2, 0) is 6.42 Å². The molecule has 1 rings (SSSR count). The van der Waals surface area contributed by atoms with E-state index in [2.05, 4.69) is 51.2 Å². The summed E-state index contributed by atoms with van der Waals surface area (Å²) in [6.45, 7) is 11.6. The highest BCUT2D eigenvalue weighted by atomic mass is 16.3. The second-order valence-electron chi connectivity index (χ2n) is 6.46. The van der Waals surface area contributed by atoms with Crippen molar-refractivity contribution in [2.75, 3.05) is 11.9 Å². The summed E-state index contributed by atoms with van der Waals surface area (Å²) in [4.78, 5) is 0. The van der Waals surface area contributed by atoms with E-state index in [0.29, 0.717) is 0 Å². The summed E-state index contributed by atoms with van der Waals surface area (Å²) in [6, 6.07) is 6.51. The summed E-state index contributed by atoms with van der Waals surface area (Å²) >= 11 is 0. The van der Waals surface area contributed by atoms with Gasteiger partial charge < -0.3 is 10.4 Å². The molecule has 0 aliphatic heterocycles. The van der Waals surface area contributed by atoms with Gasteiger partial charge in [-0.1, -0.05) is 32.9 Å². The SMILES string of the molecule is Cc1ccc(CCC(C)O)c(NCC(C)(C)C)c1. The van der Waals surface area contributed by atoms with Crippen LogP contribution in [0.5, 0.6) is 0 Å². The smallest absolute Gasteiger partial charge is 0.0515 e. The number of benzene rings is 1. The highest BCUT2D eigenvalue weighted by molar-refractivity contribution is 5.53. The Morgan fingerprint density at radius 2 is 1.94 bits per heavy atom. The first-order chi connectivity index (χ1) is 8.28. The number of aliphatic hydroxyl groups excluding tert-OH is 1. The van der Waals surface area contributed by atoms with Crippen molar-refractivity contribution < 1.29 is 5.11 Å². The maximum absolute atomic E-state index is 9.40. The molecular formula is C16H27NO. The number of nitrogens with one attached hydrogen (secondary N) is 1. The Hall–Kier alpha value is -1.02. The molecule has 0 aromatic heterocycles. The summed E-state index contributed by atoms with van der Waals surface area (Å²) in [6.07, 6.45) is 1.50. The molecule has 1 unspecified atom stereocenters. The lowest BCUT2D eigenvalue weighted by molar-refractivity contribution is 0.185. The van der Waals surface area contributed by atoms with Crippen LogP contribution in [0.4, 0.5) is 5.69 Å². The molecule has 0 aliphatic rings. The van der Waals surface area contributed by atoms with Crippen LogP contribution in [0, 0.1) is 12.3 Å². The zero-order valence-corrected chi connectivity index (χ0v) is 12.4. The molecule has 0 radical (unpaired) electrons. The highest BCUT2D eigenvalue weighted by Gasteiger charge is 2.11. The van der Waals surface area contributed by atoms with Crippen LogP contribution in [0.15, 0.2) is 18.2 Å². The van der Waals surface area contributed by atoms with Crippen molar-refractivity contribution in [3.8, 4) is 0 Å². The first-order valence-electron chi connectivity index (χ1n) is 6.79.